The summed E-state index contributed by atoms with van der Waals surface area (Å²) in [6.07, 6.45) is 17.0. The average Bonchev–Trinajstić information content (AvgIpc) is 3.18. The molecule has 2 fully saturated rings. The lowest BCUT2D eigenvalue weighted by Crippen LogP contribution is -2.08. The maximum absolute atomic E-state index is 10.9. The Labute approximate surface area is 314 Å². The highest BCUT2D eigenvalue weighted by Crippen LogP contribution is 2.43. The Balaban J connectivity index is 1.17. The molecule has 0 bridgehead atoms. The molecule has 0 unspecified atom stereocenters. The summed E-state index contributed by atoms with van der Waals surface area (Å²) in [4.78, 5) is 10.3. The Morgan fingerprint density at radius 2 is 0.943 bits per heavy atom. The van der Waals surface area contributed by atoms with Crippen molar-refractivity contribution in [2.75, 3.05) is 0 Å². The van der Waals surface area contributed by atoms with Crippen LogP contribution in [0.15, 0.2) is 107 Å². The quantitative estimate of drug-likeness (QED) is 0.155. The summed E-state index contributed by atoms with van der Waals surface area (Å²) in [5, 5.41) is 26.0. The van der Waals surface area contributed by atoms with Crippen molar-refractivity contribution in [1.29, 1.82) is 0 Å². The van der Waals surface area contributed by atoms with Crippen molar-refractivity contribution in [3.63, 3.8) is 0 Å². The lowest BCUT2D eigenvalue weighted by atomic mass is 9.80. The fourth-order valence-corrected chi connectivity index (χ4v) is 9.11. The van der Waals surface area contributed by atoms with E-state index < -0.39 is 0 Å². The Morgan fingerprint density at radius 1 is 0.528 bits per heavy atom. The number of aryl methyl sites for hydroxylation is 2. The van der Waals surface area contributed by atoms with Crippen LogP contribution in [0.5, 0.6) is 11.5 Å². The molecule has 0 spiro atoms. The molecule has 0 aromatic heterocycles. The van der Waals surface area contributed by atoms with Crippen LogP contribution in [0.3, 0.4) is 0 Å². The normalized spacial score (nSPS) is 16.0. The summed E-state index contributed by atoms with van der Waals surface area (Å²) < 4.78 is 0. The van der Waals surface area contributed by atoms with E-state index in [-0.39, 0.29) is 11.5 Å². The molecule has 268 valence electrons. The third-order valence-corrected chi connectivity index (χ3v) is 11.8. The van der Waals surface area contributed by atoms with E-state index in [4.69, 9.17) is 9.98 Å². The number of rotatable bonds is 8. The zero-order valence-electron chi connectivity index (χ0n) is 31.1. The van der Waals surface area contributed by atoms with Crippen LogP contribution < -0.4 is 0 Å². The Bertz CT molecular complexity index is 2180. The van der Waals surface area contributed by atoms with Crippen LogP contribution in [-0.2, 0) is 6.42 Å². The minimum absolute atomic E-state index is 0.256. The van der Waals surface area contributed by atoms with Gasteiger partial charge in [0.2, 0.25) is 0 Å². The number of fused-ring (bicyclic) bond motifs is 2. The smallest absolute Gasteiger partial charge is 0.124 e. The van der Waals surface area contributed by atoms with Crippen LogP contribution in [0.2, 0.25) is 0 Å². The first-order chi connectivity index (χ1) is 25.9. The topological polar surface area (TPSA) is 65.2 Å². The molecular weight excluding hydrogens is 649 g/mol. The standard InChI is InChI=1S/C49H50N2O2/c1-32-25-34(28-42(36-13-5-3-6-14-36)48(32)50-30-44-40-19-11-9-17-38(40)21-23-46(44)52)27-35-26-33(2)49(43(29-35)37-15-7-4-8-16-37)51-31-45-41-20-12-10-18-39(41)22-24-47(45)53/h9-12,17-26,28-31,36-37,52-53H,3-8,13-16,27H2,1-2H3. The van der Waals surface area contributed by atoms with E-state index in [0.717, 1.165) is 50.5 Å². The molecule has 6 aromatic rings. The third kappa shape index (κ3) is 7.38. The maximum atomic E-state index is 10.9. The highest BCUT2D eigenvalue weighted by molar-refractivity contribution is 6.04. The summed E-state index contributed by atoms with van der Waals surface area (Å²) in [5.74, 6) is 1.48. The van der Waals surface area contributed by atoms with Crippen molar-refractivity contribution in [2.24, 2.45) is 9.98 Å². The van der Waals surface area contributed by atoms with Crippen LogP contribution in [0, 0.1) is 13.8 Å². The van der Waals surface area contributed by atoms with Gasteiger partial charge in [0.1, 0.15) is 11.5 Å². The van der Waals surface area contributed by atoms with E-state index in [1.54, 1.807) is 12.1 Å². The Morgan fingerprint density at radius 3 is 1.38 bits per heavy atom. The van der Waals surface area contributed by atoms with Crippen LogP contribution in [-0.4, -0.2) is 22.6 Å². The molecule has 2 saturated carbocycles. The van der Waals surface area contributed by atoms with Gasteiger partial charge in [-0.25, -0.2) is 0 Å². The number of aliphatic imine (C=N–C) groups is 2. The van der Waals surface area contributed by atoms with E-state index in [2.05, 4.69) is 62.4 Å². The van der Waals surface area contributed by atoms with Gasteiger partial charge < -0.3 is 10.2 Å². The number of hydrogen-bond donors (Lipinski definition) is 2. The molecule has 2 aliphatic rings. The zero-order chi connectivity index (χ0) is 36.3. The molecule has 53 heavy (non-hydrogen) atoms. The monoisotopic (exact) mass is 698 g/mol. The SMILES string of the molecule is Cc1cc(Cc2cc(C)c(N=Cc3c(O)ccc4ccccc34)c(C3CCCCC3)c2)cc(C2CCCCC2)c1N=Cc1c(O)ccc2ccccc12. The van der Waals surface area contributed by atoms with Gasteiger partial charge in [-0.3, -0.25) is 9.98 Å². The predicted octanol–water partition coefficient (Wildman–Crippen LogP) is 13.2. The van der Waals surface area contributed by atoms with Gasteiger partial charge in [0.25, 0.3) is 0 Å². The van der Waals surface area contributed by atoms with Crippen molar-refractivity contribution in [1.82, 2.24) is 0 Å². The van der Waals surface area contributed by atoms with Crippen LogP contribution in [0.1, 0.15) is 121 Å². The van der Waals surface area contributed by atoms with E-state index in [0.29, 0.717) is 11.8 Å². The third-order valence-electron chi connectivity index (χ3n) is 11.8. The second-order valence-electron chi connectivity index (χ2n) is 15.5. The van der Waals surface area contributed by atoms with Crippen molar-refractivity contribution in [3.8, 4) is 11.5 Å². The number of aromatic hydroxyl groups is 2. The Kier molecular flexibility index (Phi) is 10.1. The molecule has 6 aromatic carbocycles. The molecule has 0 radical (unpaired) electrons. The van der Waals surface area contributed by atoms with E-state index in [1.165, 1.54) is 97.6 Å². The summed E-state index contributed by atoms with van der Waals surface area (Å²) in [6, 6.07) is 33.4. The van der Waals surface area contributed by atoms with Gasteiger partial charge >= 0.3 is 0 Å². The van der Waals surface area contributed by atoms with Gasteiger partial charge in [-0.15, -0.1) is 0 Å². The molecule has 0 saturated heterocycles. The first-order valence-corrected chi connectivity index (χ1v) is 19.7. The van der Waals surface area contributed by atoms with E-state index in [9.17, 15) is 10.2 Å². The van der Waals surface area contributed by atoms with Gasteiger partial charge in [0.05, 0.1) is 11.4 Å². The zero-order valence-corrected chi connectivity index (χ0v) is 31.1. The van der Waals surface area contributed by atoms with Crippen LogP contribution in [0.4, 0.5) is 11.4 Å². The number of nitrogens with zero attached hydrogens (tertiary/aromatic N) is 2. The molecule has 2 N–H and O–H groups in total. The minimum Gasteiger partial charge on any atom is -0.507 e. The van der Waals surface area contributed by atoms with Crippen LogP contribution >= 0.6 is 0 Å². The molecule has 0 heterocycles. The summed E-state index contributed by atoms with van der Waals surface area (Å²) in [7, 11) is 0. The summed E-state index contributed by atoms with van der Waals surface area (Å²) >= 11 is 0. The predicted molar refractivity (Wildman–Crippen MR) is 223 cm³/mol. The first kappa shape index (κ1) is 34.8. The Hall–Kier alpha value is -5.22. The van der Waals surface area contributed by atoms with Gasteiger partial charge in [-0.05, 0) is 125 Å². The highest BCUT2D eigenvalue weighted by atomic mass is 16.3. The molecule has 0 aliphatic heterocycles. The maximum Gasteiger partial charge on any atom is 0.124 e. The molecule has 4 nitrogen and oxygen atoms in total. The van der Waals surface area contributed by atoms with E-state index in [1.807, 2.05) is 48.8 Å². The van der Waals surface area contributed by atoms with Crippen molar-refractivity contribution < 1.29 is 10.2 Å². The molecule has 8 rings (SSSR count). The number of hydrogen-bond acceptors (Lipinski definition) is 4. The summed E-state index contributed by atoms with van der Waals surface area (Å²) in [5.41, 5.74) is 11.3. The lowest BCUT2D eigenvalue weighted by Gasteiger charge is -2.26. The van der Waals surface area contributed by atoms with Crippen molar-refractivity contribution in [3.05, 3.63) is 142 Å². The minimum atomic E-state index is 0.256. The van der Waals surface area contributed by atoms with Gasteiger partial charge in [0.15, 0.2) is 0 Å². The lowest BCUT2D eigenvalue weighted by molar-refractivity contribution is 0.443. The van der Waals surface area contributed by atoms with Crippen molar-refractivity contribution >= 4 is 45.3 Å². The van der Waals surface area contributed by atoms with Gasteiger partial charge in [-0.2, -0.15) is 0 Å². The van der Waals surface area contributed by atoms with E-state index >= 15 is 0 Å². The van der Waals surface area contributed by atoms with Gasteiger partial charge in [0, 0.05) is 23.6 Å². The number of benzene rings is 6. The second-order valence-corrected chi connectivity index (χ2v) is 15.5. The molecule has 0 atom stereocenters. The van der Waals surface area contributed by atoms with Crippen LogP contribution in [0.25, 0.3) is 21.5 Å². The van der Waals surface area contributed by atoms with Gasteiger partial charge in [-0.1, -0.05) is 123 Å². The molecular formula is C49H50N2O2. The first-order valence-electron chi connectivity index (χ1n) is 19.7. The number of phenolic OH excluding ortho intramolecular Hbond substituents is 2. The largest absolute Gasteiger partial charge is 0.507 e. The van der Waals surface area contributed by atoms with Crippen molar-refractivity contribution in [2.45, 2.75) is 96.3 Å². The average molecular weight is 699 g/mol. The number of phenols is 2. The fraction of sp³-hybridized carbons (Fsp3) is 0.306. The molecule has 0 amide bonds. The highest BCUT2D eigenvalue weighted by Gasteiger charge is 2.23. The fourth-order valence-electron chi connectivity index (χ4n) is 9.11. The molecule has 4 heteroatoms. The molecule has 2 aliphatic carbocycles. The summed E-state index contributed by atoms with van der Waals surface area (Å²) in [6.45, 7) is 4.40. The second kappa shape index (κ2) is 15.4.